The zero-order chi connectivity index (χ0) is 19.9. The molecule has 1 N–H and O–H groups in total. The molecule has 0 unspecified atom stereocenters. The van der Waals surface area contributed by atoms with Gasteiger partial charge in [-0.05, 0) is 43.7 Å². The van der Waals surface area contributed by atoms with Gasteiger partial charge in [-0.25, -0.2) is 4.79 Å². The Kier molecular flexibility index (Phi) is 6.20. The second-order valence-electron chi connectivity index (χ2n) is 6.25. The number of rotatable bonds is 5. The third-order valence-electron chi connectivity index (χ3n) is 4.30. The number of pyridine rings is 1. The van der Waals surface area contributed by atoms with Crippen molar-refractivity contribution < 1.29 is 4.74 Å². The fourth-order valence-corrected chi connectivity index (χ4v) is 2.79. The number of nitrogens with one attached hydrogen (secondary N) is 1. The number of hydrogen-bond acceptors (Lipinski definition) is 4. The Morgan fingerprint density at radius 2 is 1.93 bits per heavy atom. The highest BCUT2D eigenvalue weighted by atomic mass is 16.5. The molecule has 28 heavy (non-hydrogen) atoms. The van der Waals surface area contributed by atoms with Crippen molar-refractivity contribution in [2.45, 2.75) is 27.0 Å². The maximum Gasteiger partial charge on any atom is 0.330 e. The molecule has 0 bridgehead atoms. The first kappa shape index (κ1) is 19.3. The minimum absolute atomic E-state index is 0.1000. The van der Waals surface area contributed by atoms with Crippen LogP contribution in [0.4, 0.5) is 0 Å². The van der Waals surface area contributed by atoms with Crippen LogP contribution in [-0.4, -0.2) is 21.1 Å². The number of H-pyrrole nitrogens is 1. The average Bonchev–Trinajstić information content (AvgIpc) is 2.71. The highest BCUT2D eigenvalue weighted by Crippen LogP contribution is 2.12. The number of hydrogen-bond donors (Lipinski definition) is 1. The third-order valence-corrected chi connectivity index (χ3v) is 4.30. The molecule has 0 amide bonds. The largest absolute Gasteiger partial charge is 0.361 e. The number of aromatic nitrogens is 3. The molecule has 6 nitrogen and oxygen atoms in total. The van der Waals surface area contributed by atoms with Crippen LogP contribution in [0.2, 0.25) is 0 Å². The van der Waals surface area contributed by atoms with E-state index in [1.165, 1.54) is 4.57 Å². The average molecular weight is 375 g/mol. The van der Waals surface area contributed by atoms with E-state index >= 15 is 0 Å². The van der Waals surface area contributed by atoms with Crippen LogP contribution in [0.1, 0.15) is 34.9 Å². The highest BCUT2D eigenvalue weighted by Gasteiger charge is 2.12. The maximum absolute atomic E-state index is 12.2. The Labute approximate surface area is 162 Å². The van der Waals surface area contributed by atoms with Gasteiger partial charge in [-0.2, -0.15) is 0 Å². The molecule has 3 rings (SSSR count). The minimum atomic E-state index is -0.466. The first-order valence-electron chi connectivity index (χ1n) is 9.00. The van der Waals surface area contributed by atoms with Crippen LogP contribution in [0, 0.1) is 18.8 Å². The van der Waals surface area contributed by atoms with Crippen molar-refractivity contribution in [1.82, 2.24) is 14.5 Å². The van der Waals surface area contributed by atoms with Crippen LogP contribution in [0.25, 0.3) is 0 Å². The van der Waals surface area contributed by atoms with E-state index < -0.39 is 5.69 Å². The van der Waals surface area contributed by atoms with Crippen LogP contribution < -0.4 is 11.2 Å². The number of benzene rings is 1. The smallest absolute Gasteiger partial charge is 0.330 e. The van der Waals surface area contributed by atoms with Gasteiger partial charge in [0.2, 0.25) is 0 Å². The van der Waals surface area contributed by atoms with E-state index in [0.29, 0.717) is 24.3 Å². The summed E-state index contributed by atoms with van der Waals surface area (Å²) in [7, 11) is 0. The molecule has 6 heteroatoms. The van der Waals surface area contributed by atoms with Gasteiger partial charge >= 0.3 is 5.69 Å². The predicted octanol–water partition coefficient (Wildman–Crippen LogP) is 2.22. The summed E-state index contributed by atoms with van der Waals surface area (Å²) in [5, 5.41) is 0. The van der Waals surface area contributed by atoms with Gasteiger partial charge in [-0.3, -0.25) is 19.3 Å². The molecule has 142 valence electrons. The summed E-state index contributed by atoms with van der Waals surface area (Å²) in [5.41, 5.74) is 2.94. The summed E-state index contributed by atoms with van der Waals surface area (Å²) in [5.74, 6) is 6.20. The molecule has 3 aromatic rings. The van der Waals surface area contributed by atoms with Crippen LogP contribution in [0.5, 0.6) is 0 Å². The van der Waals surface area contributed by atoms with Gasteiger partial charge in [-0.1, -0.05) is 24.0 Å². The molecule has 0 saturated carbocycles. The molecule has 0 atom stereocenters. The Bertz CT molecular complexity index is 1140. The van der Waals surface area contributed by atoms with E-state index in [2.05, 4.69) is 21.8 Å². The molecule has 0 aliphatic carbocycles. The second-order valence-corrected chi connectivity index (χ2v) is 6.25. The van der Waals surface area contributed by atoms with Crippen LogP contribution >= 0.6 is 0 Å². The zero-order valence-corrected chi connectivity index (χ0v) is 15.9. The van der Waals surface area contributed by atoms with E-state index in [0.717, 1.165) is 16.7 Å². The normalized spacial score (nSPS) is 10.4. The lowest BCUT2D eigenvalue weighted by Gasteiger charge is -2.14. The molecule has 0 aliphatic rings. The van der Waals surface area contributed by atoms with Crippen LogP contribution in [-0.2, 0) is 17.9 Å². The lowest BCUT2D eigenvalue weighted by molar-refractivity contribution is 0.0822. The summed E-state index contributed by atoms with van der Waals surface area (Å²) in [6.07, 6.45) is 3.85. The second kappa shape index (κ2) is 8.98. The summed E-state index contributed by atoms with van der Waals surface area (Å²) in [4.78, 5) is 30.7. The number of nitrogens with zero attached hydrogens (tertiary/aromatic N) is 2. The molecule has 1 aromatic carbocycles. The number of aromatic amines is 1. The van der Waals surface area contributed by atoms with E-state index in [1.807, 2.05) is 43.3 Å². The molecule has 0 radical (unpaired) electrons. The van der Waals surface area contributed by atoms with Crippen molar-refractivity contribution >= 4 is 0 Å². The molecular formula is C22H21N3O3. The van der Waals surface area contributed by atoms with Crippen molar-refractivity contribution in [2.75, 3.05) is 6.61 Å². The molecule has 0 spiro atoms. The fourth-order valence-electron chi connectivity index (χ4n) is 2.79. The van der Waals surface area contributed by atoms with Crippen LogP contribution in [0.3, 0.4) is 0 Å². The molecule has 2 aromatic heterocycles. The van der Waals surface area contributed by atoms with Gasteiger partial charge in [0.05, 0.1) is 0 Å². The first-order chi connectivity index (χ1) is 13.6. The Hall–Kier alpha value is -3.43. The quantitative estimate of drug-likeness (QED) is 0.694. The monoisotopic (exact) mass is 375 g/mol. The lowest BCUT2D eigenvalue weighted by atomic mass is 10.0. The molecule has 0 saturated heterocycles. The zero-order valence-electron chi connectivity index (χ0n) is 15.9. The first-order valence-corrected chi connectivity index (χ1v) is 9.00. The SMILES string of the molecule is CCOCn1c(Cc2cccc(C#Cc3cccnc3)c2)c(C)c(=O)[nH]c1=O. The molecule has 0 fully saturated rings. The van der Waals surface area contributed by atoms with E-state index in [1.54, 1.807) is 19.3 Å². The Morgan fingerprint density at radius 1 is 1.14 bits per heavy atom. The topological polar surface area (TPSA) is 77.0 Å². The van der Waals surface area contributed by atoms with E-state index in [4.69, 9.17) is 4.74 Å². The lowest BCUT2D eigenvalue weighted by Crippen LogP contribution is -2.35. The molecule has 0 aliphatic heterocycles. The van der Waals surface area contributed by atoms with Crippen molar-refractivity contribution in [2.24, 2.45) is 0 Å². The van der Waals surface area contributed by atoms with Gasteiger partial charge in [0, 0.05) is 47.8 Å². The van der Waals surface area contributed by atoms with Gasteiger partial charge in [-0.15, -0.1) is 0 Å². The molecular weight excluding hydrogens is 354 g/mol. The predicted molar refractivity (Wildman–Crippen MR) is 107 cm³/mol. The van der Waals surface area contributed by atoms with Gasteiger partial charge in [0.15, 0.2) is 0 Å². The van der Waals surface area contributed by atoms with Crippen molar-refractivity contribution in [3.05, 3.63) is 97.6 Å². The van der Waals surface area contributed by atoms with Gasteiger partial charge in [0.25, 0.3) is 5.56 Å². The highest BCUT2D eigenvalue weighted by molar-refractivity contribution is 5.43. The molecule has 2 heterocycles. The minimum Gasteiger partial charge on any atom is -0.361 e. The van der Waals surface area contributed by atoms with Crippen molar-refractivity contribution in [1.29, 1.82) is 0 Å². The van der Waals surface area contributed by atoms with E-state index in [-0.39, 0.29) is 12.3 Å². The maximum atomic E-state index is 12.2. The third kappa shape index (κ3) is 4.64. The van der Waals surface area contributed by atoms with Crippen LogP contribution in [0.15, 0.2) is 58.4 Å². The van der Waals surface area contributed by atoms with Crippen molar-refractivity contribution in [3.63, 3.8) is 0 Å². The summed E-state index contributed by atoms with van der Waals surface area (Å²) in [6.45, 7) is 4.14. The number of ether oxygens (including phenoxy) is 1. The summed E-state index contributed by atoms with van der Waals surface area (Å²) >= 11 is 0. The van der Waals surface area contributed by atoms with Gasteiger partial charge < -0.3 is 4.74 Å². The van der Waals surface area contributed by atoms with E-state index in [9.17, 15) is 9.59 Å². The fraction of sp³-hybridized carbons (Fsp3) is 0.227. The van der Waals surface area contributed by atoms with Gasteiger partial charge in [0.1, 0.15) is 6.73 Å². The standard InChI is InChI=1S/C22H21N3O3/c1-3-28-15-25-20(16(2)21(26)24-22(25)27)13-19-7-4-6-17(12-19)9-10-18-8-5-11-23-14-18/h4-8,11-12,14H,3,13,15H2,1-2H3,(H,24,26,27). The summed E-state index contributed by atoms with van der Waals surface area (Å²) < 4.78 is 6.86. The Morgan fingerprint density at radius 3 is 2.68 bits per heavy atom. The Balaban J connectivity index is 1.94. The summed E-state index contributed by atoms with van der Waals surface area (Å²) in [6, 6.07) is 11.5. The van der Waals surface area contributed by atoms with Crippen molar-refractivity contribution in [3.8, 4) is 11.8 Å².